The van der Waals surface area contributed by atoms with Gasteiger partial charge in [-0.3, -0.25) is 0 Å². The summed E-state index contributed by atoms with van der Waals surface area (Å²) in [5, 5.41) is 8.95. The molecule has 0 aromatic heterocycles. The molecule has 14 heavy (non-hydrogen) atoms. The molecule has 0 saturated carbocycles. The summed E-state index contributed by atoms with van der Waals surface area (Å²) in [6, 6.07) is 10.5. The summed E-state index contributed by atoms with van der Waals surface area (Å²) >= 11 is 3.39. The van der Waals surface area contributed by atoms with E-state index in [1.807, 2.05) is 12.1 Å². The maximum Gasteiger partial charge on any atom is 0.0661 e. The summed E-state index contributed by atoms with van der Waals surface area (Å²) < 4.78 is 1.08. The second-order valence-electron chi connectivity index (χ2n) is 3.81. The first-order valence-corrected chi connectivity index (χ1v) is 5.57. The maximum absolute atomic E-state index is 8.95. The maximum atomic E-state index is 8.95. The Morgan fingerprint density at radius 3 is 2.29 bits per heavy atom. The van der Waals surface area contributed by atoms with Crippen LogP contribution in [0.1, 0.15) is 19.4 Å². The molecule has 1 rings (SSSR count). The zero-order valence-electron chi connectivity index (χ0n) is 8.50. The predicted octanol–water partition coefficient (Wildman–Crippen LogP) is 3.79. The van der Waals surface area contributed by atoms with Crippen molar-refractivity contribution in [2.24, 2.45) is 11.8 Å². The minimum atomic E-state index is 0.121. The molecular formula is C12H14BrN. The third-order valence-electron chi connectivity index (χ3n) is 2.34. The lowest BCUT2D eigenvalue weighted by Gasteiger charge is -2.12. The van der Waals surface area contributed by atoms with Gasteiger partial charge < -0.3 is 0 Å². The van der Waals surface area contributed by atoms with Crippen LogP contribution in [-0.2, 0) is 6.42 Å². The van der Waals surface area contributed by atoms with Crippen LogP contribution in [0.25, 0.3) is 0 Å². The molecule has 0 saturated heterocycles. The van der Waals surface area contributed by atoms with Crippen molar-refractivity contribution in [3.05, 3.63) is 34.3 Å². The molecule has 0 N–H and O–H groups in total. The van der Waals surface area contributed by atoms with E-state index in [2.05, 4.69) is 48.0 Å². The predicted molar refractivity (Wildman–Crippen MR) is 61.8 cm³/mol. The van der Waals surface area contributed by atoms with Crippen molar-refractivity contribution in [1.82, 2.24) is 0 Å². The first kappa shape index (κ1) is 11.3. The highest BCUT2D eigenvalue weighted by atomic mass is 79.9. The van der Waals surface area contributed by atoms with Gasteiger partial charge in [0.2, 0.25) is 0 Å². The fraction of sp³-hybridized carbons (Fsp3) is 0.417. The molecule has 0 radical (unpaired) electrons. The van der Waals surface area contributed by atoms with Crippen LogP contribution >= 0.6 is 15.9 Å². The lowest BCUT2D eigenvalue weighted by molar-refractivity contribution is 0.474. The Hall–Kier alpha value is -0.810. The number of benzene rings is 1. The quantitative estimate of drug-likeness (QED) is 0.802. The van der Waals surface area contributed by atoms with E-state index in [0.717, 1.165) is 10.9 Å². The molecule has 0 fully saturated rings. The average Bonchev–Trinajstić information content (AvgIpc) is 2.16. The van der Waals surface area contributed by atoms with Crippen molar-refractivity contribution in [3.8, 4) is 6.07 Å². The van der Waals surface area contributed by atoms with Crippen LogP contribution in [0.2, 0.25) is 0 Å². The third-order valence-corrected chi connectivity index (χ3v) is 2.87. The van der Waals surface area contributed by atoms with E-state index < -0.39 is 0 Å². The van der Waals surface area contributed by atoms with Crippen LogP contribution in [0.5, 0.6) is 0 Å². The largest absolute Gasteiger partial charge is 0.198 e. The summed E-state index contributed by atoms with van der Waals surface area (Å²) in [5.41, 5.74) is 1.23. The standard InChI is InChI=1S/C12H14BrN/c1-9(2)11(8-14)7-10-3-5-12(13)6-4-10/h3-6,9,11H,7H2,1-2H3. The second-order valence-corrected chi connectivity index (χ2v) is 4.73. The number of nitriles is 1. The van der Waals surface area contributed by atoms with Crippen LogP contribution in [0.4, 0.5) is 0 Å². The molecule has 0 aliphatic carbocycles. The first-order chi connectivity index (χ1) is 6.63. The van der Waals surface area contributed by atoms with Crippen molar-refractivity contribution in [2.75, 3.05) is 0 Å². The number of rotatable bonds is 3. The average molecular weight is 252 g/mol. The molecule has 0 spiro atoms. The van der Waals surface area contributed by atoms with Gasteiger partial charge in [0, 0.05) is 4.47 Å². The molecule has 0 aliphatic heterocycles. The van der Waals surface area contributed by atoms with Gasteiger partial charge in [-0.25, -0.2) is 0 Å². The smallest absolute Gasteiger partial charge is 0.0661 e. The van der Waals surface area contributed by atoms with Gasteiger partial charge in [-0.15, -0.1) is 0 Å². The number of halogens is 1. The fourth-order valence-corrected chi connectivity index (χ4v) is 1.57. The molecule has 2 heteroatoms. The van der Waals surface area contributed by atoms with Gasteiger partial charge in [0.05, 0.1) is 12.0 Å². The Morgan fingerprint density at radius 1 is 1.29 bits per heavy atom. The lowest BCUT2D eigenvalue weighted by atomic mass is 9.91. The van der Waals surface area contributed by atoms with E-state index in [1.165, 1.54) is 5.56 Å². The molecule has 0 aliphatic rings. The van der Waals surface area contributed by atoms with Crippen LogP contribution in [0.3, 0.4) is 0 Å². The highest BCUT2D eigenvalue weighted by Gasteiger charge is 2.12. The van der Waals surface area contributed by atoms with Crippen LogP contribution in [-0.4, -0.2) is 0 Å². The van der Waals surface area contributed by atoms with E-state index in [1.54, 1.807) is 0 Å². The minimum Gasteiger partial charge on any atom is -0.198 e. The van der Waals surface area contributed by atoms with Crippen molar-refractivity contribution in [1.29, 1.82) is 5.26 Å². The van der Waals surface area contributed by atoms with Gasteiger partial charge >= 0.3 is 0 Å². The molecule has 1 nitrogen and oxygen atoms in total. The molecular weight excluding hydrogens is 238 g/mol. The first-order valence-electron chi connectivity index (χ1n) is 4.77. The van der Waals surface area contributed by atoms with E-state index >= 15 is 0 Å². The topological polar surface area (TPSA) is 23.8 Å². The van der Waals surface area contributed by atoms with Gasteiger partial charge in [0.15, 0.2) is 0 Å². The Balaban J connectivity index is 2.69. The van der Waals surface area contributed by atoms with E-state index in [-0.39, 0.29) is 5.92 Å². The van der Waals surface area contributed by atoms with Gasteiger partial charge in [-0.1, -0.05) is 41.9 Å². The van der Waals surface area contributed by atoms with Gasteiger partial charge in [-0.05, 0) is 30.0 Å². The zero-order valence-corrected chi connectivity index (χ0v) is 10.1. The summed E-state index contributed by atoms with van der Waals surface area (Å²) in [5.74, 6) is 0.542. The monoisotopic (exact) mass is 251 g/mol. The molecule has 0 bridgehead atoms. The SMILES string of the molecule is CC(C)C(C#N)Cc1ccc(Br)cc1. The minimum absolute atomic E-state index is 0.121. The van der Waals surface area contributed by atoms with Gasteiger partial charge in [0.25, 0.3) is 0 Å². The van der Waals surface area contributed by atoms with Crippen LogP contribution in [0, 0.1) is 23.2 Å². The molecule has 0 heterocycles. The lowest BCUT2D eigenvalue weighted by Crippen LogP contribution is -2.09. The number of hydrogen-bond donors (Lipinski definition) is 0. The zero-order chi connectivity index (χ0) is 10.6. The van der Waals surface area contributed by atoms with Crippen molar-refractivity contribution < 1.29 is 0 Å². The summed E-state index contributed by atoms with van der Waals surface area (Å²) in [7, 11) is 0. The Labute approximate surface area is 93.9 Å². The molecule has 74 valence electrons. The molecule has 0 amide bonds. The van der Waals surface area contributed by atoms with Gasteiger partial charge in [-0.2, -0.15) is 5.26 Å². The van der Waals surface area contributed by atoms with Crippen molar-refractivity contribution >= 4 is 15.9 Å². The molecule has 1 unspecified atom stereocenters. The number of hydrogen-bond acceptors (Lipinski definition) is 1. The van der Waals surface area contributed by atoms with E-state index in [4.69, 9.17) is 5.26 Å². The fourth-order valence-electron chi connectivity index (χ4n) is 1.30. The molecule has 1 aromatic carbocycles. The van der Waals surface area contributed by atoms with Gasteiger partial charge in [0.1, 0.15) is 0 Å². The summed E-state index contributed by atoms with van der Waals surface area (Å²) in [6.45, 7) is 4.18. The highest BCUT2D eigenvalue weighted by Crippen LogP contribution is 2.18. The third kappa shape index (κ3) is 3.16. The van der Waals surface area contributed by atoms with Crippen molar-refractivity contribution in [2.45, 2.75) is 20.3 Å². The summed E-state index contributed by atoms with van der Waals surface area (Å²) in [4.78, 5) is 0. The second kappa shape index (κ2) is 5.17. The van der Waals surface area contributed by atoms with Crippen LogP contribution < -0.4 is 0 Å². The summed E-state index contributed by atoms with van der Waals surface area (Å²) in [6.07, 6.45) is 0.849. The Kier molecular flexibility index (Phi) is 4.16. The normalized spacial score (nSPS) is 12.5. The van der Waals surface area contributed by atoms with E-state index in [9.17, 15) is 0 Å². The number of nitrogens with zero attached hydrogens (tertiary/aromatic N) is 1. The molecule has 1 aromatic rings. The van der Waals surface area contributed by atoms with Crippen molar-refractivity contribution in [3.63, 3.8) is 0 Å². The Morgan fingerprint density at radius 2 is 1.86 bits per heavy atom. The highest BCUT2D eigenvalue weighted by molar-refractivity contribution is 9.10. The van der Waals surface area contributed by atoms with E-state index in [0.29, 0.717) is 5.92 Å². The molecule has 1 atom stereocenters. The van der Waals surface area contributed by atoms with Crippen LogP contribution in [0.15, 0.2) is 28.7 Å². The Bertz CT molecular complexity index is 321.